The van der Waals surface area contributed by atoms with Crippen LogP contribution < -0.4 is 14.4 Å². The van der Waals surface area contributed by atoms with Gasteiger partial charge in [-0.3, -0.25) is 0 Å². The summed E-state index contributed by atoms with van der Waals surface area (Å²) in [5.41, 5.74) is 3.36. The van der Waals surface area contributed by atoms with Gasteiger partial charge in [0.05, 0.1) is 42.8 Å². The van der Waals surface area contributed by atoms with Gasteiger partial charge in [-0.05, 0) is 30.3 Å². The van der Waals surface area contributed by atoms with E-state index in [2.05, 4.69) is 37.9 Å². The second-order valence-corrected chi connectivity index (χ2v) is 7.62. The Kier molecular flexibility index (Phi) is 5.44. The number of nitrogens with zero attached hydrogens (tertiary/aromatic N) is 6. The number of terminal acetylenes is 2. The van der Waals surface area contributed by atoms with Gasteiger partial charge in [-0.15, -0.1) is 12.8 Å². The van der Waals surface area contributed by atoms with Crippen LogP contribution in [0.4, 0.5) is 5.82 Å². The molecule has 0 atom stereocenters. The Hall–Kier alpha value is -5.00. The van der Waals surface area contributed by atoms with Crippen molar-refractivity contribution < 1.29 is 9.47 Å². The lowest BCUT2D eigenvalue weighted by Gasteiger charge is -2.39. The van der Waals surface area contributed by atoms with E-state index in [1.165, 1.54) is 6.20 Å². The molecule has 0 unspecified atom stereocenters. The summed E-state index contributed by atoms with van der Waals surface area (Å²) in [6.07, 6.45) is 17.3. The van der Waals surface area contributed by atoms with E-state index in [9.17, 15) is 5.26 Å². The fourth-order valence-corrected chi connectivity index (χ4v) is 3.76. The normalized spacial score (nSPS) is 12.9. The van der Waals surface area contributed by atoms with Crippen LogP contribution in [0.1, 0.15) is 11.3 Å². The molecule has 4 aromatic heterocycles. The quantitative estimate of drug-likeness (QED) is 0.421. The van der Waals surface area contributed by atoms with E-state index in [4.69, 9.17) is 22.3 Å². The van der Waals surface area contributed by atoms with Crippen LogP contribution in [0.3, 0.4) is 0 Å². The highest BCUT2D eigenvalue weighted by atomic mass is 16.5. The van der Waals surface area contributed by atoms with Crippen LogP contribution in [-0.4, -0.2) is 45.4 Å². The first kappa shape index (κ1) is 20.9. The van der Waals surface area contributed by atoms with Crippen molar-refractivity contribution in [1.82, 2.24) is 19.6 Å². The van der Waals surface area contributed by atoms with Gasteiger partial charge in [-0.2, -0.15) is 10.4 Å². The SMILES string of the molecule is C#CCOc1cc(-c2ccc(N3CC(Oc4ccc(C#C)nc4)C3)nc2)c2c(C#N)cnn2c1. The number of nitriles is 1. The van der Waals surface area contributed by atoms with Crippen molar-refractivity contribution in [1.29, 1.82) is 5.26 Å². The molecule has 0 saturated carbocycles. The number of aromatic nitrogens is 4. The van der Waals surface area contributed by atoms with Gasteiger partial charge in [0.2, 0.25) is 0 Å². The Morgan fingerprint density at radius 2 is 1.94 bits per heavy atom. The van der Waals surface area contributed by atoms with E-state index >= 15 is 0 Å². The van der Waals surface area contributed by atoms with E-state index in [1.54, 1.807) is 29.2 Å². The molecule has 164 valence electrons. The summed E-state index contributed by atoms with van der Waals surface area (Å²) in [7, 11) is 0. The average molecular weight is 446 g/mol. The first-order valence-corrected chi connectivity index (χ1v) is 10.5. The maximum atomic E-state index is 9.51. The van der Waals surface area contributed by atoms with Crippen LogP contribution in [-0.2, 0) is 0 Å². The van der Waals surface area contributed by atoms with Crippen molar-refractivity contribution >= 4 is 11.3 Å². The van der Waals surface area contributed by atoms with Gasteiger partial charge >= 0.3 is 0 Å². The van der Waals surface area contributed by atoms with Crippen molar-refractivity contribution in [3.63, 3.8) is 0 Å². The van der Waals surface area contributed by atoms with Crippen LogP contribution in [0, 0.1) is 36.0 Å². The molecular formula is C26H18N6O2. The molecule has 4 aromatic rings. The smallest absolute Gasteiger partial charge is 0.148 e. The number of pyridine rings is 3. The minimum absolute atomic E-state index is 0.0505. The van der Waals surface area contributed by atoms with Crippen molar-refractivity contribution in [2.24, 2.45) is 0 Å². The lowest BCUT2D eigenvalue weighted by molar-refractivity contribution is 0.166. The zero-order valence-electron chi connectivity index (χ0n) is 18.0. The summed E-state index contributed by atoms with van der Waals surface area (Å²) in [5.74, 6) is 7.03. The molecule has 8 nitrogen and oxygen atoms in total. The maximum absolute atomic E-state index is 9.51. The van der Waals surface area contributed by atoms with Gasteiger partial charge in [0.25, 0.3) is 0 Å². The Morgan fingerprint density at radius 1 is 1.06 bits per heavy atom. The standard InChI is InChI=1S/C26H18N6O2/c1-3-9-33-22-10-24(26-19(11-27)13-30-32(26)17-22)18-5-8-25(29-12-18)31-15-23(16-31)34-21-7-6-20(4-2)28-14-21/h1-2,5-8,10,12-14,17,23H,9,15-16H2. The molecule has 8 heteroatoms. The molecule has 1 saturated heterocycles. The van der Waals surface area contributed by atoms with Gasteiger partial charge in [0.1, 0.15) is 41.8 Å². The van der Waals surface area contributed by atoms with Crippen LogP contribution in [0.2, 0.25) is 0 Å². The van der Waals surface area contributed by atoms with Crippen molar-refractivity contribution in [2.45, 2.75) is 6.10 Å². The molecule has 0 bridgehead atoms. The Labute approximate surface area is 196 Å². The maximum Gasteiger partial charge on any atom is 0.148 e. The van der Waals surface area contributed by atoms with Gasteiger partial charge in [0, 0.05) is 17.3 Å². The third kappa shape index (κ3) is 3.95. The summed E-state index contributed by atoms with van der Waals surface area (Å²) in [6, 6.07) is 11.5. The zero-order chi connectivity index (χ0) is 23.5. The van der Waals surface area contributed by atoms with Crippen LogP contribution >= 0.6 is 0 Å². The monoisotopic (exact) mass is 446 g/mol. The third-order valence-corrected chi connectivity index (χ3v) is 5.45. The minimum atomic E-state index is 0.0505. The molecule has 0 aliphatic carbocycles. The molecule has 0 aromatic carbocycles. The Morgan fingerprint density at radius 3 is 2.62 bits per heavy atom. The molecule has 1 aliphatic rings. The molecule has 5 heterocycles. The van der Waals surface area contributed by atoms with Crippen molar-refractivity contribution in [3.05, 3.63) is 66.4 Å². The molecular weight excluding hydrogens is 428 g/mol. The van der Waals surface area contributed by atoms with Crippen LogP contribution in [0.25, 0.3) is 16.6 Å². The first-order valence-electron chi connectivity index (χ1n) is 10.5. The number of hydrogen-bond donors (Lipinski definition) is 0. The second kappa shape index (κ2) is 8.86. The highest BCUT2D eigenvalue weighted by molar-refractivity contribution is 5.85. The largest absolute Gasteiger partial charge is 0.485 e. The van der Waals surface area contributed by atoms with Crippen molar-refractivity contribution in [2.75, 3.05) is 24.6 Å². The van der Waals surface area contributed by atoms with E-state index in [0.29, 0.717) is 41.4 Å². The summed E-state index contributed by atoms with van der Waals surface area (Å²) >= 11 is 0. The predicted molar refractivity (Wildman–Crippen MR) is 126 cm³/mol. The van der Waals surface area contributed by atoms with Gasteiger partial charge < -0.3 is 14.4 Å². The van der Waals surface area contributed by atoms with Gasteiger partial charge in [0.15, 0.2) is 0 Å². The number of hydrogen-bond acceptors (Lipinski definition) is 7. The molecule has 5 rings (SSSR count). The topological polar surface area (TPSA) is 88.6 Å². The number of anilines is 1. The van der Waals surface area contributed by atoms with Crippen LogP contribution in [0.5, 0.6) is 11.5 Å². The number of fused-ring (bicyclic) bond motifs is 1. The number of rotatable bonds is 6. The van der Waals surface area contributed by atoms with E-state index < -0.39 is 0 Å². The van der Waals surface area contributed by atoms with Gasteiger partial charge in [-0.1, -0.05) is 11.8 Å². The number of ether oxygens (including phenoxy) is 2. The van der Waals surface area contributed by atoms with E-state index in [1.807, 2.05) is 24.3 Å². The second-order valence-electron chi connectivity index (χ2n) is 7.62. The summed E-state index contributed by atoms with van der Waals surface area (Å²) < 4.78 is 13.2. The summed E-state index contributed by atoms with van der Waals surface area (Å²) in [5, 5.41) is 13.8. The first-order chi connectivity index (χ1) is 16.7. The highest BCUT2D eigenvalue weighted by Gasteiger charge is 2.29. The zero-order valence-corrected chi connectivity index (χ0v) is 18.0. The minimum Gasteiger partial charge on any atom is -0.485 e. The fourth-order valence-electron chi connectivity index (χ4n) is 3.76. The summed E-state index contributed by atoms with van der Waals surface area (Å²) in [4.78, 5) is 10.9. The Balaban J connectivity index is 1.33. The predicted octanol–water partition coefficient (Wildman–Crippen LogP) is 2.92. The molecule has 1 fully saturated rings. The van der Waals surface area contributed by atoms with E-state index in [-0.39, 0.29) is 12.7 Å². The van der Waals surface area contributed by atoms with Crippen LogP contribution in [0.15, 0.2) is 55.1 Å². The summed E-state index contributed by atoms with van der Waals surface area (Å²) in [6.45, 7) is 1.56. The third-order valence-electron chi connectivity index (χ3n) is 5.45. The molecule has 0 N–H and O–H groups in total. The van der Waals surface area contributed by atoms with Gasteiger partial charge in [-0.25, -0.2) is 14.5 Å². The lowest BCUT2D eigenvalue weighted by Crippen LogP contribution is -2.54. The molecule has 0 radical (unpaired) electrons. The highest BCUT2D eigenvalue weighted by Crippen LogP contribution is 2.32. The lowest BCUT2D eigenvalue weighted by atomic mass is 10.0. The molecule has 1 aliphatic heterocycles. The molecule has 0 spiro atoms. The van der Waals surface area contributed by atoms with E-state index in [0.717, 1.165) is 16.9 Å². The molecule has 34 heavy (non-hydrogen) atoms. The Bertz CT molecular complexity index is 1460. The van der Waals surface area contributed by atoms with Crippen molar-refractivity contribution in [3.8, 4) is 53.4 Å². The average Bonchev–Trinajstić information content (AvgIpc) is 3.28. The fraction of sp³-hybridized carbons (Fsp3) is 0.154. The molecule has 0 amide bonds.